The lowest BCUT2D eigenvalue weighted by molar-refractivity contribution is -0.134. The zero-order chi connectivity index (χ0) is 11.6. The van der Waals surface area contributed by atoms with Crippen molar-refractivity contribution in [2.24, 2.45) is 23.7 Å². The molecule has 1 saturated carbocycles. The predicted octanol–water partition coefficient (Wildman–Crippen LogP) is 2.78. The summed E-state index contributed by atoms with van der Waals surface area (Å²) in [5.41, 5.74) is 0. The lowest BCUT2D eigenvalue weighted by Crippen LogP contribution is -2.38. The summed E-state index contributed by atoms with van der Waals surface area (Å²) in [5, 5.41) is 0. The molecule has 2 atom stereocenters. The molecule has 1 amide bonds. The normalized spacial score (nSPS) is 24.7. The standard InChI is InChI=1S/C13H25NO/c1-9(2)7-14(8-10(3)4)13(15)12-6-11(12)5/h9-12H,6-8H2,1-5H3. The number of carbonyl (C=O) groups is 1. The highest BCUT2D eigenvalue weighted by atomic mass is 16.2. The van der Waals surface area contributed by atoms with Crippen LogP contribution < -0.4 is 0 Å². The van der Waals surface area contributed by atoms with E-state index in [9.17, 15) is 4.79 Å². The molecule has 0 radical (unpaired) electrons. The van der Waals surface area contributed by atoms with Gasteiger partial charge in [0.05, 0.1) is 0 Å². The second-order valence-corrected chi connectivity index (χ2v) is 5.85. The van der Waals surface area contributed by atoms with E-state index in [0.29, 0.717) is 29.6 Å². The van der Waals surface area contributed by atoms with Crippen LogP contribution in [0.25, 0.3) is 0 Å². The van der Waals surface area contributed by atoms with Crippen molar-refractivity contribution < 1.29 is 4.79 Å². The van der Waals surface area contributed by atoms with Gasteiger partial charge in [0.1, 0.15) is 0 Å². The van der Waals surface area contributed by atoms with E-state index in [0.717, 1.165) is 19.5 Å². The Hall–Kier alpha value is -0.530. The van der Waals surface area contributed by atoms with Gasteiger partial charge in [-0.15, -0.1) is 0 Å². The van der Waals surface area contributed by atoms with E-state index >= 15 is 0 Å². The largest absolute Gasteiger partial charge is 0.342 e. The average molecular weight is 211 g/mol. The molecule has 0 spiro atoms. The van der Waals surface area contributed by atoms with Gasteiger partial charge in [-0.1, -0.05) is 34.6 Å². The highest BCUT2D eigenvalue weighted by Crippen LogP contribution is 2.39. The van der Waals surface area contributed by atoms with Crippen LogP contribution in [0.15, 0.2) is 0 Å². The molecule has 0 aromatic rings. The maximum atomic E-state index is 12.1. The molecule has 1 rings (SSSR count). The molecule has 1 aliphatic carbocycles. The van der Waals surface area contributed by atoms with Crippen LogP contribution in [-0.2, 0) is 4.79 Å². The first kappa shape index (κ1) is 12.5. The van der Waals surface area contributed by atoms with Crippen molar-refractivity contribution in [3.8, 4) is 0 Å². The topological polar surface area (TPSA) is 20.3 Å². The van der Waals surface area contributed by atoms with E-state index < -0.39 is 0 Å². The molecule has 2 unspecified atom stereocenters. The second-order valence-electron chi connectivity index (χ2n) is 5.85. The van der Waals surface area contributed by atoms with Crippen LogP contribution in [0.4, 0.5) is 0 Å². The molecule has 2 nitrogen and oxygen atoms in total. The van der Waals surface area contributed by atoms with E-state index in [1.807, 2.05) is 0 Å². The Morgan fingerprint density at radius 3 is 1.87 bits per heavy atom. The van der Waals surface area contributed by atoms with Gasteiger partial charge in [0.2, 0.25) is 5.91 Å². The summed E-state index contributed by atoms with van der Waals surface area (Å²) in [4.78, 5) is 14.2. The molecule has 0 aromatic carbocycles. The third kappa shape index (κ3) is 3.84. The monoisotopic (exact) mass is 211 g/mol. The smallest absolute Gasteiger partial charge is 0.225 e. The van der Waals surface area contributed by atoms with Crippen molar-refractivity contribution in [3.05, 3.63) is 0 Å². The van der Waals surface area contributed by atoms with Crippen molar-refractivity contribution in [2.45, 2.75) is 41.0 Å². The fourth-order valence-corrected chi connectivity index (χ4v) is 2.04. The fraction of sp³-hybridized carbons (Fsp3) is 0.923. The molecule has 1 aliphatic rings. The Morgan fingerprint density at radius 2 is 1.60 bits per heavy atom. The van der Waals surface area contributed by atoms with Gasteiger partial charge < -0.3 is 4.90 Å². The van der Waals surface area contributed by atoms with Gasteiger partial charge in [-0.3, -0.25) is 4.79 Å². The quantitative estimate of drug-likeness (QED) is 0.685. The van der Waals surface area contributed by atoms with Gasteiger partial charge in [-0.05, 0) is 24.2 Å². The summed E-state index contributed by atoms with van der Waals surface area (Å²) in [6.07, 6.45) is 1.10. The van der Waals surface area contributed by atoms with Gasteiger partial charge in [0.15, 0.2) is 0 Å². The van der Waals surface area contributed by atoms with Gasteiger partial charge in [-0.25, -0.2) is 0 Å². The Kier molecular flexibility index (Phi) is 4.18. The number of hydrogen-bond donors (Lipinski definition) is 0. The molecular formula is C13H25NO. The SMILES string of the molecule is CC(C)CN(CC(C)C)C(=O)C1CC1C. The minimum Gasteiger partial charge on any atom is -0.342 e. The van der Waals surface area contributed by atoms with Gasteiger partial charge >= 0.3 is 0 Å². The number of hydrogen-bond acceptors (Lipinski definition) is 1. The summed E-state index contributed by atoms with van der Waals surface area (Å²) in [5.74, 6) is 2.50. The minimum absolute atomic E-state index is 0.336. The van der Waals surface area contributed by atoms with Crippen molar-refractivity contribution in [2.75, 3.05) is 13.1 Å². The van der Waals surface area contributed by atoms with E-state index in [1.54, 1.807) is 0 Å². The van der Waals surface area contributed by atoms with Crippen LogP contribution in [-0.4, -0.2) is 23.9 Å². The highest BCUT2D eigenvalue weighted by Gasteiger charge is 2.41. The fourth-order valence-electron chi connectivity index (χ4n) is 2.04. The molecule has 0 N–H and O–H groups in total. The van der Waals surface area contributed by atoms with Crippen LogP contribution in [0.2, 0.25) is 0 Å². The van der Waals surface area contributed by atoms with E-state index in [-0.39, 0.29) is 0 Å². The number of carbonyl (C=O) groups excluding carboxylic acids is 1. The summed E-state index contributed by atoms with van der Waals surface area (Å²) in [6, 6.07) is 0. The van der Waals surface area contributed by atoms with Crippen molar-refractivity contribution >= 4 is 5.91 Å². The average Bonchev–Trinajstić information content (AvgIpc) is 2.78. The lowest BCUT2D eigenvalue weighted by Gasteiger charge is -2.26. The molecule has 0 saturated heterocycles. The molecule has 0 heterocycles. The molecular weight excluding hydrogens is 186 g/mol. The molecule has 0 aliphatic heterocycles. The third-order valence-corrected chi connectivity index (χ3v) is 2.91. The summed E-state index contributed by atoms with van der Waals surface area (Å²) in [6.45, 7) is 12.7. The van der Waals surface area contributed by atoms with Gasteiger partial charge in [-0.2, -0.15) is 0 Å². The van der Waals surface area contributed by atoms with E-state index in [4.69, 9.17) is 0 Å². The Morgan fingerprint density at radius 1 is 1.20 bits per heavy atom. The summed E-state index contributed by atoms with van der Waals surface area (Å²) in [7, 11) is 0. The molecule has 1 fully saturated rings. The maximum absolute atomic E-state index is 12.1. The zero-order valence-corrected chi connectivity index (χ0v) is 10.8. The Labute approximate surface area is 94.0 Å². The van der Waals surface area contributed by atoms with Crippen LogP contribution >= 0.6 is 0 Å². The van der Waals surface area contributed by atoms with Gasteiger partial charge in [0.25, 0.3) is 0 Å². The Balaban J connectivity index is 2.50. The number of amides is 1. The zero-order valence-electron chi connectivity index (χ0n) is 10.8. The van der Waals surface area contributed by atoms with Crippen LogP contribution in [0.3, 0.4) is 0 Å². The Bertz CT molecular complexity index is 213. The molecule has 15 heavy (non-hydrogen) atoms. The molecule has 0 bridgehead atoms. The van der Waals surface area contributed by atoms with E-state index in [1.165, 1.54) is 0 Å². The number of nitrogens with zero attached hydrogens (tertiary/aromatic N) is 1. The van der Waals surface area contributed by atoms with E-state index in [2.05, 4.69) is 39.5 Å². The molecule has 0 aromatic heterocycles. The third-order valence-electron chi connectivity index (χ3n) is 2.91. The van der Waals surface area contributed by atoms with Gasteiger partial charge in [0, 0.05) is 19.0 Å². The highest BCUT2D eigenvalue weighted by molar-refractivity contribution is 5.81. The first-order chi connectivity index (χ1) is 6.91. The van der Waals surface area contributed by atoms with Crippen molar-refractivity contribution in [3.63, 3.8) is 0 Å². The first-order valence-corrected chi connectivity index (χ1v) is 6.20. The van der Waals surface area contributed by atoms with Crippen LogP contribution in [0, 0.1) is 23.7 Å². The molecule has 2 heteroatoms. The number of rotatable bonds is 5. The predicted molar refractivity (Wildman–Crippen MR) is 63.5 cm³/mol. The maximum Gasteiger partial charge on any atom is 0.225 e. The van der Waals surface area contributed by atoms with Crippen LogP contribution in [0.5, 0.6) is 0 Å². The second kappa shape index (κ2) is 5.00. The first-order valence-electron chi connectivity index (χ1n) is 6.20. The minimum atomic E-state index is 0.336. The van der Waals surface area contributed by atoms with Crippen molar-refractivity contribution in [1.29, 1.82) is 0 Å². The summed E-state index contributed by atoms with van der Waals surface area (Å²) >= 11 is 0. The summed E-state index contributed by atoms with van der Waals surface area (Å²) < 4.78 is 0. The molecule has 88 valence electrons. The lowest BCUT2D eigenvalue weighted by atomic mass is 10.1. The van der Waals surface area contributed by atoms with Crippen LogP contribution in [0.1, 0.15) is 41.0 Å². The van der Waals surface area contributed by atoms with Crippen molar-refractivity contribution in [1.82, 2.24) is 4.90 Å².